The Labute approximate surface area is 163 Å². The highest BCUT2D eigenvalue weighted by atomic mass is 35.5. The fourth-order valence-corrected chi connectivity index (χ4v) is 3.35. The van der Waals surface area contributed by atoms with Gasteiger partial charge in [0.05, 0.1) is 29.1 Å². The maximum absolute atomic E-state index is 12.7. The summed E-state index contributed by atoms with van der Waals surface area (Å²) < 4.78 is 1.78. The number of hydrogen-bond donors (Lipinski definition) is 2. The van der Waals surface area contributed by atoms with Gasteiger partial charge >= 0.3 is 5.97 Å². The molecule has 1 aliphatic carbocycles. The Bertz CT molecular complexity index is 858. The fourth-order valence-electron chi connectivity index (χ4n) is 3.17. The van der Waals surface area contributed by atoms with Crippen LogP contribution in [0.3, 0.4) is 0 Å². The summed E-state index contributed by atoms with van der Waals surface area (Å²) in [7, 11) is 0. The number of rotatable bonds is 8. The topological polar surface area (TPSA) is 84.2 Å². The second kappa shape index (κ2) is 8.13. The number of carboxylic acids is 1. The third kappa shape index (κ3) is 4.33. The molecule has 0 aliphatic heterocycles. The minimum Gasteiger partial charge on any atom is -0.481 e. The lowest BCUT2D eigenvalue weighted by Gasteiger charge is -2.13. The number of halogens is 1. The van der Waals surface area contributed by atoms with Crippen molar-refractivity contribution in [3.63, 3.8) is 0 Å². The third-order valence-corrected chi connectivity index (χ3v) is 5.32. The highest BCUT2D eigenvalue weighted by molar-refractivity contribution is 6.31. The first-order chi connectivity index (χ1) is 12.9. The van der Waals surface area contributed by atoms with Gasteiger partial charge in [0.1, 0.15) is 0 Å². The molecule has 2 aromatic rings. The van der Waals surface area contributed by atoms with Gasteiger partial charge in [0.15, 0.2) is 0 Å². The molecule has 1 fully saturated rings. The highest BCUT2D eigenvalue weighted by Crippen LogP contribution is 2.42. The van der Waals surface area contributed by atoms with Gasteiger partial charge in [-0.2, -0.15) is 5.10 Å². The van der Waals surface area contributed by atoms with Crippen molar-refractivity contribution >= 4 is 23.5 Å². The summed E-state index contributed by atoms with van der Waals surface area (Å²) in [5.41, 5.74) is 3.18. The Morgan fingerprint density at radius 2 is 2.15 bits per heavy atom. The summed E-state index contributed by atoms with van der Waals surface area (Å²) in [6.45, 7) is 3.98. The van der Waals surface area contributed by atoms with Gasteiger partial charge in [0.25, 0.3) is 5.91 Å². The van der Waals surface area contributed by atoms with Crippen LogP contribution < -0.4 is 5.32 Å². The number of aromatic nitrogens is 2. The quantitative estimate of drug-likeness (QED) is 0.716. The van der Waals surface area contributed by atoms with Crippen LogP contribution in [0.15, 0.2) is 24.4 Å². The number of carbonyl (C=O) groups excluding carboxylic acids is 1. The Hall–Kier alpha value is -2.34. The first kappa shape index (κ1) is 19.4. The van der Waals surface area contributed by atoms with Crippen molar-refractivity contribution in [2.75, 3.05) is 6.54 Å². The van der Waals surface area contributed by atoms with Crippen LogP contribution in [0.1, 0.15) is 60.1 Å². The molecule has 0 radical (unpaired) electrons. The van der Waals surface area contributed by atoms with E-state index in [1.165, 1.54) is 0 Å². The van der Waals surface area contributed by atoms with Crippen LogP contribution >= 0.6 is 11.6 Å². The van der Waals surface area contributed by atoms with Crippen molar-refractivity contribution in [3.05, 3.63) is 46.2 Å². The molecule has 1 heterocycles. The molecule has 144 valence electrons. The summed E-state index contributed by atoms with van der Waals surface area (Å²) in [6, 6.07) is 5.71. The molecule has 0 spiro atoms. The molecule has 7 heteroatoms. The van der Waals surface area contributed by atoms with E-state index in [4.69, 9.17) is 11.6 Å². The van der Waals surface area contributed by atoms with Crippen LogP contribution in [0.5, 0.6) is 0 Å². The molecule has 1 aliphatic rings. The monoisotopic (exact) mass is 389 g/mol. The van der Waals surface area contributed by atoms with Gasteiger partial charge in [0.2, 0.25) is 0 Å². The zero-order chi connectivity index (χ0) is 19.6. The van der Waals surface area contributed by atoms with Crippen LogP contribution in [0, 0.1) is 12.8 Å². The molecular weight excluding hydrogens is 366 g/mol. The first-order valence-corrected chi connectivity index (χ1v) is 9.65. The molecule has 1 unspecified atom stereocenters. The number of aryl methyl sites for hydroxylation is 1. The van der Waals surface area contributed by atoms with Gasteiger partial charge in [-0.3, -0.25) is 9.59 Å². The molecule has 0 saturated heterocycles. The number of carbonyl (C=O) groups is 2. The van der Waals surface area contributed by atoms with E-state index in [0.29, 0.717) is 22.9 Å². The lowest BCUT2D eigenvalue weighted by molar-refractivity contribution is -0.141. The minimum absolute atomic E-state index is 0.119. The van der Waals surface area contributed by atoms with E-state index in [9.17, 15) is 14.7 Å². The molecule has 1 saturated carbocycles. The molecule has 6 nitrogen and oxygen atoms in total. The van der Waals surface area contributed by atoms with Gasteiger partial charge in [0, 0.05) is 17.5 Å². The third-order valence-electron chi connectivity index (χ3n) is 4.91. The lowest BCUT2D eigenvalue weighted by Crippen LogP contribution is -2.33. The molecule has 27 heavy (non-hydrogen) atoms. The molecule has 0 bridgehead atoms. The Morgan fingerprint density at radius 3 is 2.74 bits per heavy atom. The second-order valence-electron chi connectivity index (χ2n) is 7.10. The minimum atomic E-state index is -0.885. The predicted octanol–water partition coefficient (Wildman–Crippen LogP) is 3.94. The van der Waals surface area contributed by atoms with E-state index in [1.807, 2.05) is 32.0 Å². The summed E-state index contributed by atoms with van der Waals surface area (Å²) in [6.07, 6.45) is 4.88. The largest absolute Gasteiger partial charge is 0.481 e. The van der Waals surface area contributed by atoms with E-state index < -0.39 is 11.9 Å². The average Bonchev–Trinajstić information content (AvgIpc) is 3.38. The Morgan fingerprint density at radius 1 is 1.41 bits per heavy atom. The van der Waals surface area contributed by atoms with Gasteiger partial charge in [-0.05, 0) is 43.9 Å². The van der Waals surface area contributed by atoms with Crippen LogP contribution in [-0.2, 0) is 4.79 Å². The van der Waals surface area contributed by atoms with E-state index in [2.05, 4.69) is 10.4 Å². The SMILES string of the molecule is CCCC(CNC(=O)c1cnn(-c2ccc(C)c(Cl)c2)c1C1CC1)C(=O)O. The number of benzene rings is 1. The number of carboxylic acid groups (broad SMARTS) is 1. The van der Waals surface area contributed by atoms with Crippen molar-refractivity contribution in [2.45, 2.75) is 45.4 Å². The van der Waals surface area contributed by atoms with Crippen LogP contribution in [0.4, 0.5) is 0 Å². The van der Waals surface area contributed by atoms with Gasteiger partial charge in [-0.15, -0.1) is 0 Å². The highest BCUT2D eigenvalue weighted by Gasteiger charge is 2.33. The standard InChI is InChI=1S/C20H24ClN3O3/c1-3-4-14(20(26)27)10-22-19(25)16-11-23-24(18(16)13-6-7-13)15-8-5-12(2)17(21)9-15/h5,8-9,11,13-14H,3-4,6-7,10H2,1-2H3,(H,22,25)(H,26,27). The maximum atomic E-state index is 12.7. The van der Waals surface area contributed by atoms with Gasteiger partial charge in [-0.25, -0.2) is 4.68 Å². The number of aliphatic carboxylic acids is 1. The zero-order valence-electron chi connectivity index (χ0n) is 15.5. The van der Waals surface area contributed by atoms with E-state index in [0.717, 1.165) is 36.2 Å². The van der Waals surface area contributed by atoms with Crippen molar-refractivity contribution in [2.24, 2.45) is 5.92 Å². The molecule has 1 atom stereocenters. The lowest BCUT2D eigenvalue weighted by atomic mass is 10.0. The van der Waals surface area contributed by atoms with Gasteiger partial charge < -0.3 is 10.4 Å². The Kier molecular flexibility index (Phi) is 5.85. The van der Waals surface area contributed by atoms with Crippen LogP contribution in [0.25, 0.3) is 5.69 Å². The second-order valence-corrected chi connectivity index (χ2v) is 7.50. The molecule has 2 N–H and O–H groups in total. The fraction of sp³-hybridized carbons (Fsp3) is 0.450. The summed E-state index contributed by atoms with van der Waals surface area (Å²) in [5.74, 6) is -1.44. The van der Waals surface area contributed by atoms with Crippen LogP contribution in [0.2, 0.25) is 5.02 Å². The van der Waals surface area contributed by atoms with Crippen molar-refractivity contribution in [1.29, 1.82) is 0 Å². The van der Waals surface area contributed by atoms with E-state index in [-0.39, 0.29) is 12.5 Å². The van der Waals surface area contributed by atoms with Crippen molar-refractivity contribution in [1.82, 2.24) is 15.1 Å². The van der Waals surface area contributed by atoms with Crippen molar-refractivity contribution in [3.8, 4) is 5.69 Å². The molecular formula is C20H24ClN3O3. The Balaban J connectivity index is 1.84. The van der Waals surface area contributed by atoms with Crippen LogP contribution in [-0.4, -0.2) is 33.3 Å². The molecule has 1 aromatic carbocycles. The normalized spacial score (nSPS) is 14.8. The zero-order valence-corrected chi connectivity index (χ0v) is 16.3. The average molecular weight is 390 g/mol. The molecule has 3 rings (SSSR count). The summed E-state index contributed by atoms with van der Waals surface area (Å²) in [4.78, 5) is 24.0. The number of hydrogen-bond acceptors (Lipinski definition) is 3. The molecule has 1 aromatic heterocycles. The molecule has 1 amide bonds. The summed E-state index contributed by atoms with van der Waals surface area (Å²) in [5, 5.41) is 17.1. The maximum Gasteiger partial charge on any atom is 0.308 e. The first-order valence-electron chi connectivity index (χ1n) is 9.27. The predicted molar refractivity (Wildman–Crippen MR) is 104 cm³/mol. The summed E-state index contributed by atoms with van der Waals surface area (Å²) >= 11 is 6.25. The van der Waals surface area contributed by atoms with E-state index in [1.54, 1.807) is 10.9 Å². The van der Waals surface area contributed by atoms with Crippen molar-refractivity contribution < 1.29 is 14.7 Å². The number of nitrogens with one attached hydrogen (secondary N) is 1. The number of amides is 1. The van der Waals surface area contributed by atoms with E-state index >= 15 is 0 Å². The smallest absolute Gasteiger partial charge is 0.308 e. The number of nitrogens with zero attached hydrogens (tertiary/aromatic N) is 2. The van der Waals surface area contributed by atoms with Gasteiger partial charge in [-0.1, -0.05) is 31.0 Å².